The van der Waals surface area contributed by atoms with Gasteiger partial charge in [0.15, 0.2) is 0 Å². The van der Waals surface area contributed by atoms with Crippen LogP contribution in [0.1, 0.15) is 38.2 Å². The minimum Gasteiger partial charge on any atom is -0.466 e. The number of carbonyl (C=O) groups is 2. The Morgan fingerprint density at radius 3 is 2.48 bits per heavy atom. The molecule has 156 valence electrons. The molecular weight excluding hydrogens is 394 g/mol. The maximum atomic E-state index is 12.9. The summed E-state index contributed by atoms with van der Waals surface area (Å²) in [5, 5.41) is -0.898. The highest BCUT2D eigenvalue weighted by molar-refractivity contribution is 7.90. The third kappa shape index (κ3) is 4.70. The SMILES string of the molecule is COC(=O)/C1=C2\C=C(C(=O)OCc3ccccc3)NS(=O)(=O)[C@H]2CCCC[C@H]1C. The molecule has 0 radical (unpaired) electrons. The molecule has 1 N–H and O–H groups in total. The van der Waals surface area contributed by atoms with Gasteiger partial charge >= 0.3 is 11.9 Å². The van der Waals surface area contributed by atoms with Crippen molar-refractivity contribution in [1.82, 2.24) is 4.72 Å². The number of esters is 2. The first kappa shape index (κ1) is 21.1. The molecule has 1 heterocycles. The van der Waals surface area contributed by atoms with E-state index in [1.165, 1.54) is 13.2 Å². The first-order valence-electron chi connectivity index (χ1n) is 9.60. The number of nitrogens with one attached hydrogen (secondary N) is 1. The lowest BCUT2D eigenvalue weighted by Crippen LogP contribution is -2.42. The minimum absolute atomic E-state index is 0.0154. The molecule has 29 heavy (non-hydrogen) atoms. The topological polar surface area (TPSA) is 98.8 Å². The smallest absolute Gasteiger partial charge is 0.355 e. The van der Waals surface area contributed by atoms with E-state index in [-0.39, 0.29) is 18.2 Å². The third-order valence-corrected chi connectivity index (χ3v) is 7.01. The average molecular weight is 419 g/mol. The monoisotopic (exact) mass is 419 g/mol. The zero-order chi connectivity index (χ0) is 21.0. The fourth-order valence-electron chi connectivity index (χ4n) is 3.77. The summed E-state index contributed by atoms with van der Waals surface area (Å²) in [6.45, 7) is 1.89. The van der Waals surface area contributed by atoms with Crippen molar-refractivity contribution in [3.63, 3.8) is 0 Å². The van der Waals surface area contributed by atoms with Crippen molar-refractivity contribution in [1.29, 1.82) is 0 Å². The zero-order valence-corrected chi connectivity index (χ0v) is 17.3. The van der Waals surface area contributed by atoms with Gasteiger partial charge in [0.05, 0.1) is 7.11 Å². The maximum Gasteiger partial charge on any atom is 0.355 e. The molecule has 7 nitrogen and oxygen atoms in total. The molecule has 0 unspecified atom stereocenters. The van der Waals surface area contributed by atoms with Gasteiger partial charge in [0.2, 0.25) is 10.0 Å². The van der Waals surface area contributed by atoms with Crippen molar-refractivity contribution in [3.8, 4) is 0 Å². The molecule has 8 heteroatoms. The standard InChI is InChI=1S/C21H25NO6S/c1-14-8-6-7-11-18-16(19(14)21(24)27-2)12-17(22-29(18,25)26)20(23)28-13-15-9-4-3-5-10-15/h3-5,9-10,12,14,18,22H,6-8,11,13H2,1-2H3/b19-16+/t14-,18+/m1/s1. The number of hydrogen-bond acceptors (Lipinski definition) is 6. The van der Waals surface area contributed by atoms with Gasteiger partial charge in [0, 0.05) is 5.57 Å². The van der Waals surface area contributed by atoms with Crippen LogP contribution < -0.4 is 4.72 Å². The molecule has 3 rings (SSSR count). The van der Waals surface area contributed by atoms with Crippen LogP contribution in [0, 0.1) is 5.92 Å². The van der Waals surface area contributed by atoms with Gasteiger partial charge in [-0.3, -0.25) is 4.72 Å². The summed E-state index contributed by atoms with van der Waals surface area (Å²) in [5.74, 6) is -1.53. The normalized spacial score (nSPS) is 26.1. The van der Waals surface area contributed by atoms with E-state index < -0.39 is 27.2 Å². The van der Waals surface area contributed by atoms with E-state index in [0.29, 0.717) is 17.6 Å². The number of methoxy groups -OCH3 is 1. The number of carbonyl (C=O) groups excluding carboxylic acids is 2. The Kier molecular flexibility index (Phi) is 6.42. The molecule has 1 aromatic carbocycles. The van der Waals surface area contributed by atoms with Gasteiger partial charge < -0.3 is 9.47 Å². The van der Waals surface area contributed by atoms with Crippen LogP contribution in [0.15, 0.2) is 53.3 Å². The van der Waals surface area contributed by atoms with Gasteiger partial charge in [-0.15, -0.1) is 0 Å². The first-order chi connectivity index (χ1) is 13.8. The molecule has 0 amide bonds. The molecule has 0 saturated heterocycles. The van der Waals surface area contributed by atoms with Crippen molar-refractivity contribution >= 4 is 22.0 Å². The summed E-state index contributed by atoms with van der Waals surface area (Å²) >= 11 is 0. The van der Waals surface area contributed by atoms with E-state index in [1.54, 1.807) is 12.1 Å². The number of allylic oxidation sites excluding steroid dienone is 1. The summed E-state index contributed by atoms with van der Waals surface area (Å²) < 4.78 is 38.3. The Morgan fingerprint density at radius 2 is 1.79 bits per heavy atom. The van der Waals surface area contributed by atoms with E-state index in [4.69, 9.17) is 9.47 Å². The van der Waals surface area contributed by atoms with Crippen molar-refractivity contribution in [2.75, 3.05) is 7.11 Å². The van der Waals surface area contributed by atoms with Crippen LogP contribution >= 0.6 is 0 Å². The Morgan fingerprint density at radius 1 is 1.10 bits per heavy atom. The summed E-state index contributed by atoms with van der Waals surface area (Å²) in [7, 11) is -2.61. The van der Waals surface area contributed by atoms with Crippen LogP contribution in [0.3, 0.4) is 0 Å². The number of fused-ring (bicyclic) bond motifs is 1. The van der Waals surface area contributed by atoms with Crippen LogP contribution in [0.25, 0.3) is 0 Å². The van der Waals surface area contributed by atoms with E-state index in [0.717, 1.165) is 24.8 Å². The summed E-state index contributed by atoms with van der Waals surface area (Å²) in [4.78, 5) is 25.0. The lowest BCUT2D eigenvalue weighted by atomic mass is 9.85. The average Bonchev–Trinajstić information content (AvgIpc) is 2.69. The molecule has 0 fully saturated rings. The minimum atomic E-state index is -3.88. The molecule has 2 aliphatic rings. The van der Waals surface area contributed by atoms with Crippen molar-refractivity contribution < 1.29 is 27.5 Å². The van der Waals surface area contributed by atoms with Gasteiger partial charge in [-0.05, 0) is 36.0 Å². The van der Waals surface area contributed by atoms with Gasteiger partial charge in [0.1, 0.15) is 17.6 Å². The lowest BCUT2D eigenvalue weighted by molar-refractivity contribution is -0.140. The highest BCUT2D eigenvalue weighted by Crippen LogP contribution is 2.35. The highest BCUT2D eigenvalue weighted by atomic mass is 32.2. The van der Waals surface area contributed by atoms with Crippen LogP contribution in [-0.2, 0) is 35.7 Å². The van der Waals surface area contributed by atoms with Crippen LogP contribution in [0.4, 0.5) is 0 Å². The van der Waals surface area contributed by atoms with Gasteiger partial charge in [-0.2, -0.15) is 0 Å². The zero-order valence-electron chi connectivity index (χ0n) is 16.5. The second kappa shape index (κ2) is 8.82. The van der Waals surface area contributed by atoms with E-state index in [2.05, 4.69) is 4.72 Å². The largest absolute Gasteiger partial charge is 0.466 e. The summed E-state index contributed by atoms with van der Waals surface area (Å²) in [5.41, 5.74) is 1.23. The van der Waals surface area contributed by atoms with Crippen LogP contribution in [-0.4, -0.2) is 32.7 Å². The lowest BCUT2D eigenvalue weighted by Gasteiger charge is -2.30. The Balaban J connectivity index is 1.99. The van der Waals surface area contributed by atoms with Crippen molar-refractivity contribution in [2.24, 2.45) is 5.92 Å². The first-order valence-corrected chi connectivity index (χ1v) is 11.1. The molecule has 0 aromatic heterocycles. The molecule has 0 bridgehead atoms. The van der Waals surface area contributed by atoms with E-state index in [9.17, 15) is 18.0 Å². The molecule has 1 aromatic rings. The number of sulfonamides is 1. The molecule has 1 aliphatic heterocycles. The Hall–Kier alpha value is -2.61. The number of rotatable bonds is 4. The summed E-state index contributed by atoms with van der Waals surface area (Å²) in [6, 6.07) is 9.09. The van der Waals surface area contributed by atoms with Crippen LogP contribution in [0.5, 0.6) is 0 Å². The van der Waals surface area contributed by atoms with Crippen LogP contribution in [0.2, 0.25) is 0 Å². The number of ether oxygens (including phenoxy) is 2. The van der Waals surface area contributed by atoms with Crippen molar-refractivity contribution in [3.05, 3.63) is 58.8 Å². The highest BCUT2D eigenvalue weighted by Gasteiger charge is 2.40. The molecular formula is C21H25NO6S. The fraction of sp³-hybridized carbons (Fsp3) is 0.429. The Labute approximate surface area is 170 Å². The second-order valence-corrected chi connectivity index (χ2v) is 9.16. The van der Waals surface area contributed by atoms with Crippen molar-refractivity contribution in [2.45, 2.75) is 44.5 Å². The predicted molar refractivity (Wildman–Crippen MR) is 107 cm³/mol. The Bertz CT molecular complexity index is 949. The molecule has 2 atom stereocenters. The molecule has 0 spiro atoms. The number of hydrogen-bond donors (Lipinski definition) is 1. The van der Waals surface area contributed by atoms with Gasteiger partial charge in [-0.25, -0.2) is 18.0 Å². The summed E-state index contributed by atoms with van der Waals surface area (Å²) in [6.07, 6.45) is 4.09. The predicted octanol–water partition coefficient (Wildman–Crippen LogP) is 2.60. The van der Waals surface area contributed by atoms with Gasteiger partial charge in [0.25, 0.3) is 0 Å². The fourth-order valence-corrected chi connectivity index (χ4v) is 5.37. The van der Waals surface area contributed by atoms with E-state index in [1.807, 2.05) is 25.1 Å². The second-order valence-electron chi connectivity index (χ2n) is 7.30. The van der Waals surface area contributed by atoms with E-state index >= 15 is 0 Å². The third-order valence-electron chi connectivity index (χ3n) is 5.27. The maximum absolute atomic E-state index is 12.9. The quantitative estimate of drug-likeness (QED) is 0.753. The number of benzene rings is 1. The van der Waals surface area contributed by atoms with Gasteiger partial charge in [-0.1, -0.05) is 50.1 Å². The molecule has 1 aliphatic carbocycles. The molecule has 0 saturated carbocycles.